The Bertz CT molecular complexity index is 744. The molecule has 3 saturated carbocycles. The van der Waals surface area contributed by atoms with E-state index in [1.165, 1.54) is 32.1 Å². The van der Waals surface area contributed by atoms with E-state index in [1.807, 2.05) is 6.92 Å². The largest absolute Gasteiger partial charge is 0.534 e. The van der Waals surface area contributed by atoms with Crippen molar-refractivity contribution in [3.63, 3.8) is 0 Å². The van der Waals surface area contributed by atoms with Crippen LogP contribution in [0.2, 0.25) is 0 Å². The van der Waals surface area contributed by atoms with Crippen LogP contribution in [-0.2, 0) is 14.3 Å². The molecule has 0 N–H and O–H groups in total. The van der Waals surface area contributed by atoms with E-state index in [2.05, 4.69) is 11.1 Å². The van der Waals surface area contributed by atoms with Gasteiger partial charge in [-0.15, -0.1) is 0 Å². The SMILES string of the molecule is CC12CCC3C(CCC4CCCCC43C)C1CC=C2OS(=O)(=O)C(F)(F)F. The number of hydrogen-bond donors (Lipinski definition) is 0. The van der Waals surface area contributed by atoms with Crippen LogP contribution in [0.25, 0.3) is 0 Å². The van der Waals surface area contributed by atoms with Crippen LogP contribution in [0.1, 0.15) is 71.6 Å². The number of hydrogen-bond acceptors (Lipinski definition) is 3. The third-order valence-electron chi connectivity index (χ3n) is 8.58. The molecule has 3 fully saturated rings. The van der Waals surface area contributed by atoms with Gasteiger partial charge in [0.05, 0.1) is 0 Å². The molecule has 27 heavy (non-hydrogen) atoms. The number of allylic oxidation sites excluding steroid dienone is 2. The van der Waals surface area contributed by atoms with Crippen molar-refractivity contribution in [2.75, 3.05) is 0 Å². The highest BCUT2D eigenvalue weighted by molar-refractivity contribution is 7.87. The first-order valence-electron chi connectivity index (χ1n) is 10.2. The van der Waals surface area contributed by atoms with Crippen molar-refractivity contribution in [1.82, 2.24) is 0 Å². The van der Waals surface area contributed by atoms with Crippen LogP contribution in [-0.4, -0.2) is 13.9 Å². The van der Waals surface area contributed by atoms with Gasteiger partial charge in [-0.3, -0.25) is 0 Å². The minimum atomic E-state index is -5.60. The van der Waals surface area contributed by atoms with Crippen molar-refractivity contribution >= 4 is 10.1 Å². The maximum Gasteiger partial charge on any atom is 0.534 e. The van der Waals surface area contributed by atoms with Crippen molar-refractivity contribution in [3.8, 4) is 0 Å². The quantitative estimate of drug-likeness (QED) is 0.431. The Morgan fingerprint density at radius 3 is 2.48 bits per heavy atom. The van der Waals surface area contributed by atoms with Gasteiger partial charge in [-0.25, -0.2) is 0 Å². The maximum absolute atomic E-state index is 12.8. The van der Waals surface area contributed by atoms with E-state index < -0.39 is 21.0 Å². The second-order valence-electron chi connectivity index (χ2n) is 9.65. The lowest BCUT2D eigenvalue weighted by molar-refractivity contribution is -0.104. The zero-order valence-corrected chi connectivity index (χ0v) is 16.8. The van der Waals surface area contributed by atoms with Crippen molar-refractivity contribution in [1.29, 1.82) is 0 Å². The molecule has 4 aliphatic rings. The molecule has 0 bridgehead atoms. The number of fused-ring (bicyclic) bond motifs is 5. The molecule has 0 aromatic rings. The molecule has 0 aliphatic heterocycles. The molecule has 0 spiro atoms. The molecule has 4 aliphatic carbocycles. The first-order chi connectivity index (χ1) is 12.5. The van der Waals surface area contributed by atoms with Crippen LogP contribution >= 0.6 is 0 Å². The molecule has 0 radical (unpaired) electrons. The Kier molecular flexibility index (Phi) is 4.45. The van der Waals surface area contributed by atoms with Crippen LogP contribution in [0.5, 0.6) is 0 Å². The minimum Gasteiger partial charge on any atom is -0.380 e. The first-order valence-corrected chi connectivity index (χ1v) is 11.6. The molecule has 6 unspecified atom stereocenters. The van der Waals surface area contributed by atoms with Gasteiger partial charge in [0.25, 0.3) is 0 Å². The molecule has 154 valence electrons. The molecule has 0 aromatic carbocycles. The van der Waals surface area contributed by atoms with Gasteiger partial charge in [-0.2, -0.15) is 21.6 Å². The van der Waals surface area contributed by atoms with E-state index in [0.29, 0.717) is 30.1 Å². The molecule has 4 rings (SSSR count). The van der Waals surface area contributed by atoms with Crippen LogP contribution in [0.15, 0.2) is 11.8 Å². The fraction of sp³-hybridized carbons (Fsp3) is 0.900. The Labute approximate surface area is 159 Å². The average molecular weight is 407 g/mol. The van der Waals surface area contributed by atoms with E-state index in [0.717, 1.165) is 18.8 Å². The van der Waals surface area contributed by atoms with Gasteiger partial charge >= 0.3 is 15.6 Å². The van der Waals surface area contributed by atoms with E-state index in [1.54, 1.807) is 6.08 Å². The highest BCUT2D eigenvalue weighted by atomic mass is 32.2. The Morgan fingerprint density at radius 1 is 1.04 bits per heavy atom. The van der Waals surface area contributed by atoms with E-state index in [9.17, 15) is 21.6 Å². The predicted octanol–water partition coefficient (Wildman–Crippen LogP) is 5.78. The molecule has 0 heterocycles. The van der Waals surface area contributed by atoms with Crippen molar-refractivity contribution in [3.05, 3.63) is 11.8 Å². The lowest BCUT2D eigenvalue weighted by Gasteiger charge is -2.60. The van der Waals surface area contributed by atoms with Crippen molar-refractivity contribution < 1.29 is 25.8 Å². The monoisotopic (exact) mass is 406 g/mol. The number of halogens is 3. The maximum atomic E-state index is 12.8. The molecule has 0 saturated heterocycles. The van der Waals surface area contributed by atoms with Gasteiger partial charge in [0.1, 0.15) is 5.76 Å². The highest BCUT2D eigenvalue weighted by Gasteiger charge is 2.60. The fourth-order valence-electron chi connectivity index (χ4n) is 7.12. The first kappa shape index (κ1) is 19.6. The van der Waals surface area contributed by atoms with Crippen molar-refractivity contribution in [2.24, 2.45) is 34.5 Å². The van der Waals surface area contributed by atoms with Gasteiger partial charge < -0.3 is 4.18 Å². The summed E-state index contributed by atoms with van der Waals surface area (Å²) in [5.74, 6) is 2.04. The minimum absolute atomic E-state index is 0.0270. The number of rotatable bonds is 2. The Hall–Kier alpha value is -0.720. The molecular weight excluding hydrogens is 377 g/mol. The summed E-state index contributed by atoms with van der Waals surface area (Å²) in [5, 5.41) is 0. The lowest BCUT2D eigenvalue weighted by atomic mass is 9.45. The normalized spacial score (nSPS) is 44.7. The summed E-state index contributed by atoms with van der Waals surface area (Å²) < 4.78 is 66.2. The summed E-state index contributed by atoms with van der Waals surface area (Å²) in [4.78, 5) is 0. The zero-order chi connectivity index (χ0) is 19.7. The third kappa shape index (κ3) is 2.85. The predicted molar refractivity (Wildman–Crippen MR) is 95.9 cm³/mol. The second kappa shape index (κ2) is 6.14. The van der Waals surface area contributed by atoms with E-state index in [4.69, 9.17) is 0 Å². The second-order valence-corrected chi connectivity index (χ2v) is 11.2. The summed E-state index contributed by atoms with van der Waals surface area (Å²) in [6.45, 7) is 4.35. The molecule has 3 nitrogen and oxygen atoms in total. The summed E-state index contributed by atoms with van der Waals surface area (Å²) in [6.07, 6.45) is 11.4. The van der Waals surface area contributed by atoms with Crippen molar-refractivity contribution in [2.45, 2.75) is 77.1 Å². The summed E-state index contributed by atoms with van der Waals surface area (Å²) in [5.41, 5.74) is -5.64. The molecule has 7 heteroatoms. The molecule has 0 amide bonds. The average Bonchev–Trinajstić information content (AvgIpc) is 2.89. The van der Waals surface area contributed by atoms with Crippen LogP contribution < -0.4 is 0 Å². The van der Waals surface area contributed by atoms with Gasteiger partial charge in [0, 0.05) is 5.41 Å². The van der Waals surface area contributed by atoms with Gasteiger partial charge in [-0.05, 0) is 80.1 Å². The summed E-state index contributed by atoms with van der Waals surface area (Å²) >= 11 is 0. The number of alkyl halides is 3. The van der Waals surface area contributed by atoms with Crippen LogP contribution in [0, 0.1) is 34.5 Å². The molecular formula is C20H29F3O3S. The van der Waals surface area contributed by atoms with Crippen LogP contribution in [0.3, 0.4) is 0 Å². The standard InChI is InChI=1S/C20H29F3O3S/c1-18-11-4-3-5-13(18)6-7-14-15-8-9-17(19(15,2)12-10-16(14)18)26-27(24,25)20(21,22)23/h9,13-16H,3-8,10-12H2,1-2H3. The van der Waals surface area contributed by atoms with E-state index in [-0.39, 0.29) is 11.7 Å². The van der Waals surface area contributed by atoms with Crippen LogP contribution in [0.4, 0.5) is 13.2 Å². The smallest absolute Gasteiger partial charge is 0.380 e. The summed E-state index contributed by atoms with van der Waals surface area (Å²) in [7, 11) is -5.60. The lowest BCUT2D eigenvalue weighted by Crippen LogP contribution is -2.52. The van der Waals surface area contributed by atoms with Gasteiger partial charge in [0.2, 0.25) is 0 Å². The topological polar surface area (TPSA) is 43.4 Å². The summed E-state index contributed by atoms with van der Waals surface area (Å²) in [6, 6.07) is 0. The Balaban J connectivity index is 1.58. The molecule has 6 atom stereocenters. The highest BCUT2D eigenvalue weighted by Crippen LogP contribution is 2.66. The fourth-order valence-corrected chi connectivity index (χ4v) is 7.71. The van der Waals surface area contributed by atoms with Gasteiger partial charge in [0.15, 0.2) is 0 Å². The van der Waals surface area contributed by atoms with Gasteiger partial charge in [-0.1, -0.05) is 26.7 Å². The zero-order valence-electron chi connectivity index (χ0n) is 16.0. The van der Waals surface area contributed by atoms with E-state index >= 15 is 0 Å². The molecule has 0 aromatic heterocycles. The third-order valence-corrected chi connectivity index (χ3v) is 9.54. The Morgan fingerprint density at radius 2 is 1.78 bits per heavy atom.